The van der Waals surface area contributed by atoms with Crippen molar-refractivity contribution in [2.75, 3.05) is 10.2 Å². The van der Waals surface area contributed by atoms with Crippen LogP contribution in [0.25, 0.3) is 16.3 Å². The molecule has 44 heavy (non-hydrogen) atoms. The number of nitro groups is 1. The molecule has 0 spiro atoms. The van der Waals surface area contributed by atoms with Crippen LogP contribution in [0, 0.1) is 21.4 Å². The lowest BCUT2D eigenvalue weighted by Crippen LogP contribution is -2.29. The monoisotopic (exact) mass is 637 g/mol. The number of carbonyl (C=O) groups is 3. The molecule has 0 fully saturated rings. The second-order valence-electron chi connectivity index (χ2n) is 9.34. The van der Waals surface area contributed by atoms with E-state index in [1.54, 1.807) is 72.8 Å². The molecule has 0 bridgehead atoms. The third-order valence-electron chi connectivity index (χ3n) is 6.56. The number of nitrogens with one attached hydrogen (secondary N) is 1. The van der Waals surface area contributed by atoms with Crippen molar-refractivity contribution in [3.63, 3.8) is 0 Å². The van der Waals surface area contributed by atoms with Crippen LogP contribution in [-0.4, -0.2) is 27.6 Å². The van der Waals surface area contributed by atoms with Gasteiger partial charge >= 0.3 is 0 Å². The molecule has 10 nitrogen and oxygen atoms in total. The number of carbonyl (C=O) groups excluding carboxylic acids is 3. The Kier molecular flexibility index (Phi) is 7.67. The molecule has 0 unspecified atom stereocenters. The van der Waals surface area contributed by atoms with Crippen molar-refractivity contribution in [1.29, 1.82) is 5.26 Å². The third-order valence-corrected chi connectivity index (χ3v) is 8.96. The summed E-state index contributed by atoms with van der Waals surface area (Å²) in [5.41, 5.74) is 1.94. The summed E-state index contributed by atoms with van der Waals surface area (Å²) < 4.78 is 1.19. The Morgan fingerprint density at radius 3 is 2.39 bits per heavy atom. The van der Waals surface area contributed by atoms with Crippen molar-refractivity contribution in [3.8, 4) is 6.07 Å². The number of anilines is 2. The molecule has 3 amide bonds. The number of fused-ring (bicyclic) bond motifs is 2. The SMILES string of the molecule is N#C/C(=C\c1ccc(Sc2nc3ccc(N4C(=O)c5ccccc5C4=O)cc3s2)c([N+](=O)[O-])c1)C(=O)Nc1ccc(Cl)cc1. The van der Waals surface area contributed by atoms with E-state index in [2.05, 4.69) is 10.3 Å². The molecule has 2 heterocycles. The number of benzene rings is 4. The number of rotatable bonds is 7. The standard InChI is InChI=1S/C31H16ClN5O5S2/c32-19-6-8-20(9-7-19)34-28(38)18(16-33)13-17-5-12-26(25(14-17)37(41)42)43-31-35-24-11-10-21(15-27(24)44-31)36-29(39)22-3-1-2-4-23(22)30(36)40/h1-15H,(H,34,38)/b18-13+. The Labute approximate surface area is 262 Å². The predicted octanol–water partition coefficient (Wildman–Crippen LogP) is 7.36. The van der Waals surface area contributed by atoms with Gasteiger partial charge < -0.3 is 5.32 Å². The van der Waals surface area contributed by atoms with Gasteiger partial charge in [0.15, 0.2) is 4.34 Å². The van der Waals surface area contributed by atoms with Crippen LogP contribution in [0.2, 0.25) is 5.02 Å². The van der Waals surface area contributed by atoms with Crippen LogP contribution >= 0.6 is 34.7 Å². The molecule has 1 aliphatic rings. The Morgan fingerprint density at radius 1 is 1.02 bits per heavy atom. The minimum absolute atomic E-state index is 0.231. The molecule has 13 heteroatoms. The first-order valence-electron chi connectivity index (χ1n) is 12.8. The van der Waals surface area contributed by atoms with Crippen LogP contribution in [0.15, 0.2) is 99.7 Å². The maximum absolute atomic E-state index is 12.9. The van der Waals surface area contributed by atoms with Crippen LogP contribution in [0.3, 0.4) is 0 Å². The van der Waals surface area contributed by atoms with Gasteiger partial charge in [0.05, 0.1) is 36.8 Å². The van der Waals surface area contributed by atoms with Crippen molar-refractivity contribution < 1.29 is 19.3 Å². The van der Waals surface area contributed by atoms with Gasteiger partial charge in [-0.3, -0.25) is 24.5 Å². The average Bonchev–Trinajstić information content (AvgIpc) is 3.54. The van der Waals surface area contributed by atoms with E-state index in [-0.39, 0.29) is 11.3 Å². The molecule has 0 saturated carbocycles. The van der Waals surface area contributed by atoms with Gasteiger partial charge in [-0.1, -0.05) is 41.6 Å². The number of thiazole rings is 1. The zero-order valence-electron chi connectivity index (χ0n) is 22.2. The van der Waals surface area contributed by atoms with E-state index in [4.69, 9.17) is 11.6 Å². The molecular formula is C31H16ClN5O5S2. The molecule has 6 rings (SSSR count). The second-order valence-corrected chi connectivity index (χ2v) is 12.1. The van der Waals surface area contributed by atoms with Gasteiger partial charge in [-0.25, -0.2) is 9.88 Å². The summed E-state index contributed by atoms with van der Waals surface area (Å²) in [6.07, 6.45) is 1.27. The average molecular weight is 638 g/mol. The number of hydrogen-bond donors (Lipinski definition) is 1. The molecule has 4 aromatic carbocycles. The number of imide groups is 1. The zero-order valence-corrected chi connectivity index (χ0v) is 24.6. The Hall–Kier alpha value is -5.35. The highest BCUT2D eigenvalue weighted by molar-refractivity contribution is 8.01. The first-order valence-corrected chi connectivity index (χ1v) is 14.8. The zero-order chi connectivity index (χ0) is 31.0. The summed E-state index contributed by atoms with van der Waals surface area (Å²) in [7, 11) is 0. The number of nitriles is 1. The van der Waals surface area contributed by atoms with E-state index in [0.717, 1.165) is 16.7 Å². The molecular weight excluding hydrogens is 622 g/mol. The molecule has 0 atom stereocenters. The summed E-state index contributed by atoms with van der Waals surface area (Å²) in [6.45, 7) is 0. The Morgan fingerprint density at radius 2 is 1.73 bits per heavy atom. The molecule has 5 aromatic rings. The topological polar surface area (TPSA) is 146 Å². The second kappa shape index (κ2) is 11.7. The van der Waals surface area contributed by atoms with Crippen molar-refractivity contribution >= 4 is 85.8 Å². The van der Waals surface area contributed by atoms with Gasteiger partial charge in [0.2, 0.25) is 0 Å². The number of amides is 3. The van der Waals surface area contributed by atoms with E-state index in [1.807, 2.05) is 6.07 Å². The quantitative estimate of drug-likeness (QED) is 0.0640. The molecule has 214 valence electrons. The molecule has 1 aliphatic heterocycles. The van der Waals surface area contributed by atoms with Crippen LogP contribution < -0.4 is 10.2 Å². The highest BCUT2D eigenvalue weighted by atomic mass is 35.5. The van der Waals surface area contributed by atoms with Crippen molar-refractivity contribution in [2.24, 2.45) is 0 Å². The number of halogens is 1. The summed E-state index contributed by atoms with van der Waals surface area (Å²) in [4.78, 5) is 55.9. The Bertz CT molecular complexity index is 2070. The normalized spacial score (nSPS) is 12.7. The molecule has 1 N–H and O–H groups in total. The molecule has 0 saturated heterocycles. The van der Waals surface area contributed by atoms with Crippen LogP contribution in [0.5, 0.6) is 0 Å². The summed E-state index contributed by atoms with van der Waals surface area (Å²) in [6, 6.07) is 24.2. The Balaban J connectivity index is 1.24. The predicted molar refractivity (Wildman–Crippen MR) is 168 cm³/mol. The lowest BCUT2D eigenvalue weighted by Gasteiger charge is -2.13. The third kappa shape index (κ3) is 5.55. The lowest BCUT2D eigenvalue weighted by atomic mass is 10.1. The molecule has 0 aliphatic carbocycles. The largest absolute Gasteiger partial charge is 0.321 e. The van der Waals surface area contributed by atoms with Crippen molar-refractivity contribution in [2.45, 2.75) is 9.24 Å². The first-order chi connectivity index (χ1) is 21.2. The smallest absolute Gasteiger partial charge is 0.283 e. The fraction of sp³-hybridized carbons (Fsp3) is 0. The highest BCUT2D eigenvalue weighted by Gasteiger charge is 2.36. The van der Waals surface area contributed by atoms with E-state index < -0.39 is 22.6 Å². The van der Waals surface area contributed by atoms with Crippen molar-refractivity contribution in [3.05, 3.63) is 122 Å². The fourth-order valence-corrected chi connectivity index (χ4v) is 6.76. The van der Waals surface area contributed by atoms with E-state index in [0.29, 0.717) is 52.5 Å². The van der Waals surface area contributed by atoms with Gasteiger partial charge in [0, 0.05) is 16.8 Å². The summed E-state index contributed by atoms with van der Waals surface area (Å²) in [5.74, 6) is -1.49. The highest BCUT2D eigenvalue weighted by Crippen LogP contribution is 2.40. The number of nitro benzene ring substituents is 1. The van der Waals surface area contributed by atoms with E-state index in [9.17, 15) is 29.8 Å². The van der Waals surface area contributed by atoms with E-state index >= 15 is 0 Å². The van der Waals surface area contributed by atoms with Crippen LogP contribution in [-0.2, 0) is 4.79 Å². The minimum atomic E-state index is -0.675. The van der Waals surface area contributed by atoms with E-state index in [1.165, 1.54) is 29.5 Å². The molecule has 0 radical (unpaired) electrons. The number of aromatic nitrogens is 1. The van der Waals surface area contributed by atoms with Gasteiger partial charge in [0.1, 0.15) is 11.6 Å². The summed E-state index contributed by atoms with van der Waals surface area (Å²) in [5, 5.41) is 24.6. The van der Waals surface area contributed by atoms with Gasteiger partial charge in [0.25, 0.3) is 23.4 Å². The minimum Gasteiger partial charge on any atom is -0.321 e. The lowest BCUT2D eigenvalue weighted by molar-refractivity contribution is -0.387. The molecule has 1 aromatic heterocycles. The fourth-order valence-electron chi connectivity index (χ4n) is 4.49. The maximum atomic E-state index is 12.9. The van der Waals surface area contributed by atoms with Gasteiger partial charge in [-0.15, -0.1) is 11.3 Å². The maximum Gasteiger partial charge on any atom is 0.283 e. The number of nitrogens with zero attached hydrogens (tertiary/aromatic N) is 4. The van der Waals surface area contributed by atoms with Crippen LogP contribution in [0.4, 0.5) is 17.1 Å². The van der Waals surface area contributed by atoms with Crippen molar-refractivity contribution in [1.82, 2.24) is 4.98 Å². The van der Waals surface area contributed by atoms with Crippen LogP contribution in [0.1, 0.15) is 26.3 Å². The number of hydrogen-bond acceptors (Lipinski definition) is 9. The summed E-state index contributed by atoms with van der Waals surface area (Å²) >= 11 is 8.21. The van der Waals surface area contributed by atoms with Gasteiger partial charge in [-0.2, -0.15) is 5.26 Å². The first kappa shape index (κ1) is 28.8. The van der Waals surface area contributed by atoms with Gasteiger partial charge in [-0.05, 0) is 72.3 Å².